The summed E-state index contributed by atoms with van der Waals surface area (Å²) in [5, 5.41) is 20.4. The van der Waals surface area contributed by atoms with E-state index in [1.807, 2.05) is 0 Å². The van der Waals surface area contributed by atoms with Crippen molar-refractivity contribution >= 4 is 63.7 Å². The molecule has 0 spiro atoms. The van der Waals surface area contributed by atoms with Gasteiger partial charge in [0.15, 0.2) is 0 Å². The SMILES string of the molecule is [O-]c1c(O)c(Br)c(Br)c(Br)c1Br. The summed E-state index contributed by atoms with van der Waals surface area (Å²) in [4.78, 5) is 0. The molecule has 1 N–H and O–H groups in total. The van der Waals surface area contributed by atoms with Crippen LogP contribution < -0.4 is 5.11 Å². The van der Waals surface area contributed by atoms with Crippen LogP contribution in [-0.4, -0.2) is 5.11 Å². The van der Waals surface area contributed by atoms with E-state index in [9.17, 15) is 10.2 Å². The highest BCUT2D eigenvalue weighted by molar-refractivity contribution is 9.15. The molecule has 0 saturated heterocycles. The second kappa shape index (κ2) is 3.86. The molecule has 0 bridgehead atoms. The quantitative estimate of drug-likeness (QED) is 0.512. The second-order valence-electron chi connectivity index (χ2n) is 1.93. The largest absolute Gasteiger partial charge is 0.869 e. The summed E-state index contributed by atoms with van der Waals surface area (Å²) in [6, 6.07) is 0. The molecule has 1 aromatic carbocycles. The third kappa shape index (κ3) is 1.66. The Hall–Kier alpha value is 0.740. The second-order valence-corrected chi connectivity index (χ2v) is 5.11. The van der Waals surface area contributed by atoms with Gasteiger partial charge >= 0.3 is 0 Å². The molecule has 0 aromatic heterocycles. The van der Waals surface area contributed by atoms with Crippen LogP contribution in [-0.2, 0) is 0 Å². The van der Waals surface area contributed by atoms with Gasteiger partial charge in [-0.3, -0.25) is 0 Å². The van der Waals surface area contributed by atoms with Crippen molar-refractivity contribution in [3.8, 4) is 11.5 Å². The van der Waals surface area contributed by atoms with Gasteiger partial charge in [0, 0.05) is 8.95 Å². The highest BCUT2D eigenvalue weighted by Gasteiger charge is 2.12. The Morgan fingerprint density at radius 1 is 0.833 bits per heavy atom. The number of phenolic OH excluding ortho intramolecular Hbond substituents is 1. The van der Waals surface area contributed by atoms with Gasteiger partial charge in [0.05, 0.1) is 8.95 Å². The Balaban J connectivity index is 3.60. The summed E-state index contributed by atoms with van der Waals surface area (Å²) in [6.45, 7) is 0. The number of phenols is 1. The van der Waals surface area contributed by atoms with E-state index in [1.54, 1.807) is 0 Å². The third-order valence-electron chi connectivity index (χ3n) is 1.20. The molecule has 0 atom stereocenters. The van der Waals surface area contributed by atoms with Crippen LogP contribution in [0.1, 0.15) is 0 Å². The molecule has 0 aliphatic heterocycles. The number of halogens is 4. The van der Waals surface area contributed by atoms with Crippen molar-refractivity contribution in [2.45, 2.75) is 0 Å². The van der Waals surface area contributed by atoms with Gasteiger partial charge in [-0.15, -0.1) is 0 Å². The molecule has 66 valence electrons. The Labute approximate surface area is 102 Å². The molecule has 6 heteroatoms. The number of hydrogen-bond donors (Lipinski definition) is 1. The zero-order chi connectivity index (χ0) is 9.46. The van der Waals surface area contributed by atoms with Gasteiger partial charge in [-0.1, -0.05) is 15.9 Å². The average molecular weight is 425 g/mol. The number of aromatic hydroxyl groups is 1. The number of hydrogen-bond acceptors (Lipinski definition) is 2. The van der Waals surface area contributed by atoms with Crippen molar-refractivity contribution in [1.29, 1.82) is 0 Å². The van der Waals surface area contributed by atoms with Crippen molar-refractivity contribution in [2.75, 3.05) is 0 Å². The van der Waals surface area contributed by atoms with Gasteiger partial charge in [-0.2, -0.15) is 0 Å². The lowest BCUT2D eigenvalue weighted by Crippen LogP contribution is -1.93. The molecule has 0 fully saturated rings. The van der Waals surface area contributed by atoms with Crippen LogP contribution in [0.3, 0.4) is 0 Å². The maximum absolute atomic E-state index is 11.2. The first kappa shape index (κ1) is 10.8. The lowest BCUT2D eigenvalue weighted by molar-refractivity contribution is -0.271. The van der Waals surface area contributed by atoms with E-state index >= 15 is 0 Å². The molecule has 1 rings (SSSR count). The Morgan fingerprint density at radius 3 is 1.75 bits per heavy atom. The smallest absolute Gasteiger partial charge is 0.124 e. The summed E-state index contributed by atoms with van der Waals surface area (Å²) < 4.78 is 1.83. The zero-order valence-corrected chi connectivity index (χ0v) is 11.7. The fraction of sp³-hybridized carbons (Fsp3) is 0. The van der Waals surface area contributed by atoms with Crippen molar-refractivity contribution in [3.63, 3.8) is 0 Å². The topological polar surface area (TPSA) is 43.3 Å². The molecule has 0 unspecified atom stereocenters. The van der Waals surface area contributed by atoms with E-state index < -0.39 is 5.75 Å². The van der Waals surface area contributed by atoms with E-state index in [0.717, 1.165) is 0 Å². The predicted molar refractivity (Wildman–Crippen MR) is 58.4 cm³/mol. The van der Waals surface area contributed by atoms with Crippen molar-refractivity contribution < 1.29 is 10.2 Å². The van der Waals surface area contributed by atoms with Crippen LogP contribution in [0.25, 0.3) is 0 Å². The molecule has 0 aliphatic carbocycles. The maximum Gasteiger partial charge on any atom is 0.124 e. The molecular weight excluding hydrogens is 424 g/mol. The molecule has 0 aliphatic rings. The molecule has 0 amide bonds. The fourth-order valence-corrected chi connectivity index (χ4v) is 2.66. The van der Waals surface area contributed by atoms with E-state index in [2.05, 4.69) is 63.7 Å². The summed E-state index contributed by atoms with van der Waals surface area (Å²) >= 11 is 12.5. The van der Waals surface area contributed by atoms with Crippen molar-refractivity contribution in [1.82, 2.24) is 0 Å². The fourth-order valence-electron chi connectivity index (χ4n) is 0.600. The normalized spacial score (nSPS) is 10.3. The van der Waals surface area contributed by atoms with Gasteiger partial charge in [0.25, 0.3) is 0 Å². The molecule has 0 saturated carbocycles. The molecule has 12 heavy (non-hydrogen) atoms. The molecule has 0 radical (unpaired) electrons. The molecule has 2 nitrogen and oxygen atoms in total. The number of rotatable bonds is 0. The minimum atomic E-state index is -0.447. The van der Waals surface area contributed by atoms with Crippen LogP contribution >= 0.6 is 63.7 Å². The first-order chi connectivity index (χ1) is 5.46. The summed E-state index contributed by atoms with van der Waals surface area (Å²) in [7, 11) is 0. The van der Waals surface area contributed by atoms with Crippen LogP contribution in [0, 0.1) is 0 Å². The first-order valence-corrected chi connectivity index (χ1v) is 5.86. The summed E-state index contributed by atoms with van der Waals surface area (Å²) in [5.41, 5.74) is 0. The summed E-state index contributed by atoms with van der Waals surface area (Å²) in [5.74, 6) is -0.756. The highest BCUT2D eigenvalue weighted by Crippen LogP contribution is 2.47. The average Bonchev–Trinajstić information content (AvgIpc) is 2.08. The van der Waals surface area contributed by atoms with Gasteiger partial charge in [0.2, 0.25) is 0 Å². The van der Waals surface area contributed by atoms with Crippen LogP contribution in [0.15, 0.2) is 17.9 Å². The van der Waals surface area contributed by atoms with Crippen LogP contribution in [0.5, 0.6) is 11.5 Å². The Bertz CT molecular complexity index is 232. The van der Waals surface area contributed by atoms with Crippen LogP contribution in [0.4, 0.5) is 0 Å². The minimum Gasteiger partial charge on any atom is -0.869 e. The Morgan fingerprint density at radius 2 is 1.25 bits per heavy atom. The number of benzene rings is 1. The van der Waals surface area contributed by atoms with Crippen molar-refractivity contribution in [2.24, 2.45) is 0 Å². The third-order valence-corrected chi connectivity index (χ3v) is 5.91. The van der Waals surface area contributed by atoms with Crippen molar-refractivity contribution in [3.05, 3.63) is 17.9 Å². The molecular formula is C6HBr4O2-. The lowest BCUT2D eigenvalue weighted by atomic mass is 10.3. The summed E-state index contributed by atoms with van der Waals surface area (Å²) in [6.07, 6.45) is 0. The van der Waals surface area contributed by atoms with Gasteiger partial charge in [-0.25, -0.2) is 0 Å². The van der Waals surface area contributed by atoms with Crippen LogP contribution in [0.2, 0.25) is 0 Å². The maximum atomic E-state index is 11.2. The zero-order valence-electron chi connectivity index (χ0n) is 5.37. The van der Waals surface area contributed by atoms with Gasteiger partial charge in [0.1, 0.15) is 5.75 Å². The van der Waals surface area contributed by atoms with E-state index in [-0.39, 0.29) is 5.75 Å². The van der Waals surface area contributed by atoms with Gasteiger partial charge < -0.3 is 10.2 Å². The van der Waals surface area contributed by atoms with E-state index in [4.69, 9.17) is 0 Å². The molecule has 0 heterocycles. The first-order valence-electron chi connectivity index (χ1n) is 2.68. The molecule has 1 aromatic rings. The Kier molecular flexibility index (Phi) is 3.48. The van der Waals surface area contributed by atoms with E-state index in [0.29, 0.717) is 17.9 Å². The monoisotopic (exact) mass is 421 g/mol. The predicted octanol–water partition coefficient (Wildman–Crippen LogP) is 3.52. The van der Waals surface area contributed by atoms with Gasteiger partial charge in [-0.05, 0) is 53.5 Å². The highest BCUT2D eigenvalue weighted by atomic mass is 79.9. The lowest BCUT2D eigenvalue weighted by Gasteiger charge is -2.15. The standard InChI is InChI=1S/C6H2Br4O2/c7-1-2(8)4(10)6(12)5(11)3(1)9/h11-12H/p-1. The minimum absolute atomic E-state index is 0.301. The van der Waals surface area contributed by atoms with E-state index in [1.165, 1.54) is 0 Å².